The second kappa shape index (κ2) is 13.5. The van der Waals surface area contributed by atoms with Crippen LogP contribution in [-0.2, 0) is 18.3 Å². The van der Waals surface area contributed by atoms with E-state index >= 15 is 0 Å². The number of ketones is 1. The number of hydrogen-bond acceptors (Lipinski definition) is 5. The maximum Gasteiger partial charge on any atom is 0.295 e. The molecule has 8 nitrogen and oxygen atoms in total. The Bertz CT molecular complexity index is 1450. The summed E-state index contributed by atoms with van der Waals surface area (Å²) in [4.78, 5) is 42.0. The molecule has 0 aliphatic carbocycles. The van der Waals surface area contributed by atoms with Crippen LogP contribution in [0, 0.1) is 11.2 Å². The highest BCUT2D eigenvalue weighted by Crippen LogP contribution is 2.32. The van der Waals surface area contributed by atoms with Crippen LogP contribution in [0.15, 0.2) is 47.3 Å². The van der Waals surface area contributed by atoms with E-state index < -0.39 is 11.2 Å². The fraction of sp³-hybridized carbons (Fsp3) is 0.452. The highest BCUT2D eigenvalue weighted by Gasteiger charge is 2.28. The van der Waals surface area contributed by atoms with E-state index in [0.29, 0.717) is 18.5 Å². The highest BCUT2D eigenvalue weighted by atomic mass is 35.5. The lowest BCUT2D eigenvalue weighted by atomic mass is 9.82. The van der Waals surface area contributed by atoms with Crippen molar-refractivity contribution in [3.05, 3.63) is 74.9 Å². The van der Waals surface area contributed by atoms with Gasteiger partial charge >= 0.3 is 0 Å². The maximum atomic E-state index is 13.9. The van der Waals surface area contributed by atoms with Gasteiger partial charge in [0.2, 0.25) is 5.91 Å². The molecule has 0 spiro atoms. The number of nitrogens with one attached hydrogen (secondary N) is 1. The van der Waals surface area contributed by atoms with Crippen LogP contribution in [0.2, 0.25) is 5.02 Å². The van der Waals surface area contributed by atoms with Crippen LogP contribution in [0.1, 0.15) is 63.0 Å². The van der Waals surface area contributed by atoms with Crippen molar-refractivity contribution in [3.63, 3.8) is 0 Å². The Morgan fingerprint density at radius 1 is 1.17 bits per heavy atom. The minimum Gasteiger partial charge on any atom is -0.493 e. The van der Waals surface area contributed by atoms with Crippen molar-refractivity contribution in [3.8, 4) is 11.4 Å². The number of halogens is 2. The van der Waals surface area contributed by atoms with Crippen LogP contribution < -0.4 is 15.6 Å². The van der Waals surface area contributed by atoms with E-state index in [2.05, 4.69) is 17.1 Å². The minimum atomic E-state index is -0.657. The number of carbonyl (C=O) groups excluding carboxylic acids is 2. The lowest BCUT2D eigenvalue weighted by Gasteiger charge is -2.24. The zero-order valence-electron chi connectivity index (χ0n) is 24.9. The Labute approximate surface area is 246 Å². The van der Waals surface area contributed by atoms with Crippen molar-refractivity contribution in [2.24, 2.45) is 12.5 Å². The predicted octanol–water partition coefficient (Wildman–Crippen LogP) is 5.88. The summed E-state index contributed by atoms with van der Waals surface area (Å²) in [5.41, 5.74) is 1.01. The molecule has 1 N–H and O–H groups in total. The lowest BCUT2D eigenvalue weighted by Crippen LogP contribution is -2.29. The molecule has 0 aliphatic rings. The van der Waals surface area contributed by atoms with E-state index in [1.54, 1.807) is 16.3 Å². The zero-order valence-corrected chi connectivity index (χ0v) is 25.6. The summed E-state index contributed by atoms with van der Waals surface area (Å²) >= 11 is 5.92. The van der Waals surface area contributed by atoms with Gasteiger partial charge in [-0.25, -0.2) is 9.07 Å². The van der Waals surface area contributed by atoms with Gasteiger partial charge in [-0.1, -0.05) is 43.6 Å². The largest absolute Gasteiger partial charge is 0.493 e. The molecule has 2 aromatic carbocycles. The standard InChI is InChI=1S/C31H40ClFN4O4/c1-8-41-27-18-24(33)23(32)17-22(27)26(38)14-15-31(3,4)19-28(39)34-29-25(16-20(2)35(5)6)36(7)37(30(29)40)21-12-10-9-11-13-21/h9-13,17-18,20H,8,14-16,19H2,1-7H3,(H,34,39)/t20-/m1/s1. The van der Waals surface area contributed by atoms with Crippen LogP contribution in [0.5, 0.6) is 5.75 Å². The maximum absolute atomic E-state index is 13.9. The summed E-state index contributed by atoms with van der Waals surface area (Å²) < 4.78 is 22.7. The van der Waals surface area contributed by atoms with Crippen molar-refractivity contribution < 1.29 is 18.7 Å². The van der Waals surface area contributed by atoms with Gasteiger partial charge in [-0.05, 0) is 58.0 Å². The number of carbonyl (C=O) groups is 2. The number of aromatic nitrogens is 2. The highest BCUT2D eigenvalue weighted by molar-refractivity contribution is 6.31. The molecule has 222 valence electrons. The molecule has 1 aromatic heterocycles. The third kappa shape index (κ3) is 7.86. The number of amides is 1. The second-order valence-electron chi connectivity index (χ2n) is 11.3. The summed E-state index contributed by atoms with van der Waals surface area (Å²) in [5.74, 6) is -1.08. The number of hydrogen-bond donors (Lipinski definition) is 1. The first-order valence-corrected chi connectivity index (χ1v) is 14.1. The van der Waals surface area contributed by atoms with E-state index in [0.717, 1.165) is 11.8 Å². The normalized spacial score (nSPS) is 12.4. The molecule has 41 heavy (non-hydrogen) atoms. The van der Waals surface area contributed by atoms with Crippen LogP contribution in [0.3, 0.4) is 0 Å². The van der Waals surface area contributed by atoms with Crippen molar-refractivity contribution in [2.75, 3.05) is 26.0 Å². The summed E-state index contributed by atoms with van der Waals surface area (Å²) in [6, 6.07) is 11.8. The van der Waals surface area contributed by atoms with Gasteiger partial charge in [0.1, 0.15) is 17.3 Å². The molecule has 0 bridgehead atoms. The summed E-state index contributed by atoms with van der Waals surface area (Å²) in [7, 11) is 5.75. The zero-order chi connectivity index (χ0) is 30.5. The van der Waals surface area contributed by atoms with Gasteiger partial charge in [0, 0.05) is 38.4 Å². The molecule has 0 saturated heterocycles. The Kier molecular flexibility index (Phi) is 10.6. The molecule has 1 atom stereocenters. The third-order valence-electron chi connectivity index (χ3n) is 7.31. The molecule has 0 radical (unpaired) electrons. The molecule has 3 aromatic rings. The molecular formula is C31H40ClFN4O4. The number of para-hydroxylation sites is 1. The number of rotatable bonds is 13. The van der Waals surface area contributed by atoms with Crippen LogP contribution in [0.4, 0.5) is 10.1 Å². The van der Waals surface area contributed by atoms with E-state index in [9.17, 15) is 18.8 Å². The van der Waals surface area contributed by atoms with Gasteiger partial charge in [0.25, 0.3) is 5.56 Å². The Balaban J connectivity index is 1.80. The van der Waals surface area contributed by atoms with Gasteiger partial charge in [-0.2, -0.15) is 0 Å². The first kappa shape index (κ1) is 32.1. The molecular weight excluding hydrogens is 547 g/mol. The molecule has 10 heteroatoms. The first-order valence-electron chi connectivity index (χ1n) is 13.7. The minimum absolute atomic E-state index is 0.0884. The average molecular weight is 587 g/mol. The van der Waals surface area contributed by atoms with Gasteiger partial charge in [-0.3, -0.25) is 19.1 Å². The fourth-order valence-corrected chi connectivity index (χ4v) is 4.81. The quantitative estimate of drug-likeness (QED) is 0.253. The summed E-state index contributed by atoms with van der Waals surface area (Å²) in [6.07, 6.45) is 1.13. The number of benzene rings is 2. The predicted molar refractivity (Wildman–Crippen MR) is 161 cm³/mol. The Morgan fingerprint density at radius 3 is 2.44 bits per heavy atom. The SMILES string of the molecule is CCOc1cc(F)c(Cl)cc1C(=O)CCC(C)(C)CC(=O)Nc1c(C[C@@H](C)N(C)C)n(C)n(-c2ccccc2)c1=O. The summed E-state index contributed by atoms with van der Waals surface area (Å²) in [5, 5.41) is 2.74. The average Bonchev–Trinajstić information content (AvgIpc) is 3.13. The van der Waals surface area contributed by atoms with Gasteiger partial charge in [0.05, 0.1) is 28.6 Å². The fourth-order valence-electron chi connectivity index (χ4n) is 4.64. The second-order valence-corrected chi connectivity index (χ2v) is 11.7. The topological polar surface area (TPSA) is 85.6 Å². The number of anilines is 1. The number of likely N-dealkylation sites (N-methyl/N-ethyl adjacent to an activating group) is 1. The molecule has 0 aliphatic heterocycles. The number of Topliss-reactive ketones (excluding diaryl/α,β-unsaturated/α-hetero) is 1. The smallest absolute Gasteiger partial charge is 0.295 e. The van der Waals surface area contributed by atoms with E-state index in [1.165, 1.54) is 6.07 Å². The summed E-state index contributed by atoms with van der Waals surface area (Å²) in [6.45, 7) is 7.86. The molecule has 3 rings (SSSR count). The van der Waals surface area contributed by atoms with Crippen molar-refractivity contribution >= 4 is 29.0 Å². The van der Waals surface area contributed by atoms with E-state index in [1.807, 2.05) is 65.3 Å². The van der Waals surface area contributed by atoms with Gasteiger partial charge in [0.15, 0.2) is 5.78 Å². The van der Waals surface area contributed by atoms with Gasteiger partial charge < -0.3 is 15.0 Å². The number of nitrogens with zero attached hydrogens (tertiary/aromatic N) is 3. The molecule has 0 fully saturated rings. The van der Waals surface area contributed by atoms with Crippen molar-refractivity contribution in [2.45, 2.75) is 59.4 Å². The Morgan fingerprint density at radius 2 is 1.83 bits per heavy atom. The van der Waals surface area contributed by atoms with Crippen molar-refractivity contribution in [1.29, 1.82) is 0 Å². The van der Waals surface area contributed by atoms with Gasteiger partial charge in [-0.15, -0.1) is 0 Å². The third-order valence-corrected chi connectivity index (χ3v) is 7.60. The molecule has 0 unspecified atom stereocenters. The van der Waals surface area contributed by atoms with Crippen molar-refractivity contribution in [1.82, 2.24) is 14.3 Å². The van der Waals surface area contributed by atoms with Crippen LogP contribution >= 0.6 is 11.6 Å². The first-order chi connectivity index (χ1) is 19.3. The number of ether oxygens (including phenoxy) is 1. The van der Waals surface area contributed by atoms with E-state index in [-0.39, 0.29) is 64.8 Å². The van der Waals surface area contributed by atoms with E-state index in [4.69, 9.17) is 16.3 Å². The molecule has 1 heterocycles. The monoisotopic (exact) mass is 586 g/mol. The lowest BCUT2D eigenvalue weighted by molar-refractivity contribution is -0.118. The van der Waals surface area contributed by atoms with Crippen LogP contribution in [0.25, 0.3) is 5.69 Å². The Hall–Kier alpha value is -3.43. The molecule has 0 saturated carbocycles. The van der Waals surface area contributed by atoms with Crippen LogP contribution in [-0.4, -0.2) is 52.7 Å². The molecule has 1 amide bonds.